The van der Waals surface area contributed by atoms with E-state index < -0.39 is 5.92 Å². The van der Waals surface area contributed by atoms with Crippen LogP contribution in [-0.4, -0.2) is 51.5 Å². The van der Waals surface area contributed by atoms with Crippen LogP contribution in [0.4, 0.5) is 8.78 Å². The molecule has 9 heteroatoms. The van der Waals surface area contributed by atoms with Crippen molar-refractivity contribution < 1.29 is 23.0 Å². The smallest absolute Gasteiger partial charge is 0.250 e. The predicted molar refractivity (Wildman–Crippen MR) is 109 cm³/mol. The van der Waals surface area contributed by atoms with Crippen LogP contribution in [0.15, 0.2) is 18.5 Å². The highest BCUT2D eigenvalue weighted by atomic mass is 19.3. The molecule has 3 heterocycles. The number of halogens is 2. The third-order valence-corrected chi connectivity index (χ3v) is 6.41. The normalized spacial score (nSPS) is 25.6. The Morgan fingerprint density at radius 2 is 1.97 bits per heavy atom. The van der Waals surface area contributed by atoms with Gasteiger partial charge in [0.15, 0.2) is 6.29 Å². The van der Waals surface area contributed by atoms with E-state index in [0.29, 0.717) is 29.2 Å². The molecule has 2 aromatic heterocycles. The quantitative estimate of drug-likeness (QED) is 0.661. The van der Waals surface area contributed by atoms with E-state index in [1.54, 1.807) is 17.1 Å². The lowest BCUT2D eigenvalue weighted by molar-refractivity contribution is -0.213. The summed E-state index contributed by atoms with van der Waals surface area (Å²) in [6, 6.07) is 1.81. The van der Waals surface area contributed by atoms with Crippen molar-refractivity contribution in [3.63, 3.8) is 0 Å². The van der Waals surface area contributed by atoms with Gasteiger partial charge >= 0.3 is 0 Å². The zero-order valence-corrected chi connectivity index (χ0v) is 17.6. The highest BCUT2D eigenvalue weighted by Gasteiger charge is 2.47. The van der Waals surface area contributed by atoms with Crippen molar-refractivity contribution in [2.24, 2.45) is 11.3 Å². The standard InChI is InChI=1S/C23H24F2N4O3/c24-23(25)8-16(9-23)2-1-15-7-19(32-17-3-4-17)21(26-10-15)18-11-29(28-27-18)12-20-30-13-22(5-6-22)14-31-20/h7,10-11,16-17,20H,3-6,8-9,12-14H2. The van der Waals surface area contributed by atoms with Gasteiger partial charge in [0.2, 0.25) is 0 Å². The van der Waals surface area contributed by atoms with Gasteiger partial charge in [-0.25, -0.2) is 18.4 Å². The van der Waals surface area contributed by atoms with Gasteiger partial charge in [-0.05, 0) is 31.7 Å². The van der Waals surface area contributed by atoms with Crippen LogP contribution in [0, 0.1) is 23.2 Å². The van der Waals surface area contributed by atoms with E-state index in [2.05, 4.69) is 27.1 Å². The van der Waals surface area contributed by atoms with Crippen LogP contribution in [0.5, 0.6) is 5.75 Å². The average molecular weight is 442 g/mol. The molecule has 168 valence electrons. The van der Waals surface area contributed by atoms with E-state index >= 15 is 0 Å². The van der Waals surface area contributed by atoms with E-state index in [0.717, 1.165) is 26.1 Å². The van der Waals surface area contributed by atoms with E-state index in [1.165, 1.54) is 12.8 Å². The molecule has 4 aliphatic rings. The van der Waals surface area contributed by atoms with Crippen LogP contribution in [0.25, 0.3) is 11.4 Å². The molecule has 0 atom stereocenters. The molecule has 0 unspecified atom stereocenters. The summed E-state index contributed by atoms with van der Waals surface area (Å²) in [5, 5.41) is 8.46. The Bertz CT molecular complexity index is 1070. The zero-order chi connectivity index (χ0) is 21.8. The van der Waals surface area contributed by atoms with Crippen molar-refractivity contribution in [3.05, 3.63) is 24.0 Å². The van der Waals surface area contributed by atoms with Crippen molar-refractivity contribution in [2.75, 3.05) is 13.2 Å². The number of alkyl halides is 2. The molecule has 1 spiro atoms. The summed E-state index contributed by atoms with van der Waals surface area (Å²) in [5.41, 5.74) is 2.08. The maximum Gasteiger partial charge on any atom is 0.250 e. The first-order chi connectivity index (χ1) is 15.5. The molecule has 0 bridgehead atoms. The maximum atomic E-state index is 13.0. The first-order valence-corrected chi connectivity index (χ1v) is 11.2. The summed E-state index contributed by atoms with van der Waals surface area (Å²) >= 11 is 0. The number of rotatable bonds is 5. The van der Waals surface area contributed by atoms with Crippen molar-refractivity contribution in [3.8, 4) is 29.0 Å². The van der Waals surface area contributed by atoms with Gasteiger partial charge in [0.05, 0.1) is 32.1 Å². The van der Waals surface area contributed by atoms with Crippen LogP contribution in [0.3, 0.4) is 0 Å². The molecule has 7 nitrogen and oxygen atoms in total. The van der Waals surface area contributed by atoms with E-state index in [-0.39, 0.29) is 36.6 Å². The highest BCUT2D eigenvalue weighted by Crippen LogP contribution is 2.48. The van der Waals surface area contributed by atoms with Crippen LogP contribution in [0.2, 0.25) is 0 Å². The summed E-state index contributed by atoms with van der Waals surface area (Å²) in [6.07, 6.45) is 7.27. The second-order valence-electron chi connectivity index (χ2n) is 9.50. The molecule has 2 aromatic rings. The third-order valence-electron chi connectivity index (χ3n) is 6.41. The molecule has 4 fully saturated rings. The first kappa shape index (κ1) is 20.1. The van der Waals surface area contributed by atoms with Gasteiger partial charge in [-0.3, -0.25) is 0 Å². The van der Waals surface area contributed by atoms with Crippen molar-refractivity contribution >= 4 is 0 Å². The molecular weight excluding hydrogens is 418 g/mol. The first-order valence-electron chi connectivity index (χ1n) is 11.2. The fourth-order valence-corrected chi connectivity index (χ4v) is 3.96. The van der Waals surface area contributed by atoms with Crippen LogP contribution < -0.4 is 4.74 Å². The largest absolute Gasteiger partial charge is 0.488 e. The summed E-state index contributed by atoms with van der Waals surface area (Å²) in [5.74, 6) is 3.64. The molecule has 3 aliphatic carbocycles. The van der Waals surface area contributed by atoms with E-state index in [9.17, 15) is 8.78 Å². The number of ether oxygens (including phenoxy) is 3. The Morgan fingerprint density at radius 1 is 1.19 bits per heavy atom. The van der Waals surface area contributed by atoms with Gasteiger partial charge < -0.3 is 14.2 Å². The van der Waals surface area contributed by atoms with Gasteiger partial charge in [0.1, 0.15) is 17.1 Å². The molecule has 0 amide bonds. The van der Waals surface area contributed by atoms with Crippen LogP contribution in [-0.2, 0) is 16.0 Å². The summed E-state index contributed by atoms with van der Waals surface area (Å²) < 4.78 is 45.5. The lowest BCUT2D eigenvalue weighted by atomic mass is 9.82. The fourth-order valence-electron chi connectivity index (χ4n) is 3.96. The second-order valence-corrected chi connectivity index (χ2v) is 9.50. The lowest BCUT2D eigenvalue weighted by Gasteiger charge is -2.31. The minimum absolute atomic E-state index is 0.165. The van der Waals surface area contributed by atoms with Gasteiger partial charge in [-0.2, -0.15) is 0 Å². The summed E-state index contributed by atoms with van der Waals surface area (Å²) in [7, 11) is 0. The molecule has 1 aliphatic heterocycles. The Hall–Kier alpha value is -2.57. The second kappa shape index (κ2) is 7.49. The zero-order valence-electron chi connectivity index (χ0n) is 17.6. The van der Waals surface area contributed by atoms with Crippen LogP contribution >= 0.6 is 0 Å². The molecule has 0 aromatic carbocycles. The van der Waals surface area contributed by atoms with Gasteiger partial charge in [-0.15, -0.1) is 5.10 Å². The number of aromatic nitrogens is 4. The molecule has 6 rings (SSSR count). The summed E-state index contributed by atoms with van der Waals surface area (Å²) in [4.78, 5) is 4.51. The number of hydrogen-bond acceptors (Lipinski definition) is 6. The Kier molecular flexibility index (Phi) is 4.70. The number of pyridine rings is 1. The van der Waals surface area contributed by atoms with Crippen molar-refractivity contribution in [1.82, 2.24) is 20.0 Å². The molecular formula is C23H24F2N4O3. The maximum absolute atomic E-state index is 13.0. The Balaban J connectivity index is 1.17. The predicted octanol–water partition coefficient (Wildman–Crippen LogP) is 3.43. The van der Waals surface area contributed by atoms with Crippen molar-refractivity contribution in [2.45, 2.75) is 63.4 Å². The van der Waals surface area contributed by atoms with Gasteiger partial charge in [0.25, 0.3) is 5.92 Å². The Labute approximate surface area is 184 Å². The minimum atomic E-state index is -2.57. The molecule has 0 radical (unpaired) electrons. The SMILES string of the molecule is FC1(F)CC(C#Cc2cnc(-c3cn(CC4OCC5(CC5)CO4)nn3)c(OC3CC3)c2)C1. The van der Waals surface area contributed by atoms with Crippen LogP contribution in [0.1, 0.15) is 44.1 Å². The average Bonchev–Trinajstić information content (AvgIpc) is 3.67. The Morgan fingerprint density at radius 3 is 2.66 bits per heavy atom. The molecule has 3 saturated carbocycles. The minimum Gasteiger partial charge on any atom is -0.488 e. The summed E-state index contributed by atoms with van der Waals surface area (Å²) in [6.45, 7) is 1.93. The van der Waals surface area contributed by atoms with Crippen molar-refractivity contribution in [1.29, 1.82) is 0 Å². The molecule has 0 N–H and O–H groups in total. The highest BCUT2D eigenvalue weighted by molar-refractivity contribution is 5.63. The van der Waals surface area contributed by atoms with Gasteiger partial charge in [-0.1, -0.05) is 17.1 Å². The monoisotopic (exact) mass is 442 g/mol. The molecule has 1 saturated heterocycles. The lowest BCUT2D eigenvalue weighted by Crippen LogP contribution is -2.36. The number of nitrogens with zero attached hydrogens (tertiary/aromatic N) is 4. The topological polar surface area (TPSA) is 71.3 Å². The van der Waals surface area contributed by atoms with Gasteiger partial charge in [0, 0.05) is 35.9 Å². The number of hydrogen-bond donors (Lipinski definition) is 0. The fraction of sp³-hybridized carbons (Fsp3) is 0.609. The third kappa shape index (κ3) is 4.34. The molecule has 32 heavy (non-hydrogen) atoms. The van der Waals surface area contributed by atoms with E-state index in [1.807, 2.05) is 6.07 Å². The van der Waals surface area contributed by atoms with E-state index in [4.69, 9.17) is 14.2 Å².